The highest BCUT2D eigenvalue weighted by molar-refractivity contribution is 5.68. The number of rotatable bonds is 3. The molecular formula is C22H23N. The molecule has 0 saturated heterocycles. The molecule has 1 nitrogen and oxygen atoms in total. The lowest BCUT2D eigenvalue weighted by Gasteiger charge is -2.20. The summed E-state index contributed by atoms with van der Waals surface area (Å²) < 4.78 is 0. The van der Waals surface area contributed by atoms with E-state index in [4.69, 9.17) is 0 Å². The first-order chi connectivity index (χ1) is 11.0. The Morgan fingerprint density at radius 3 is 1.91 bits per heavy atom. The van der Waals surface area contributed by atoms with Crippen molar-refractivity contribution in [2.45, 2.75) is 26.2 Å². The molecule has 3 aromatic carbocycles. The predicted molar refractivity (Wildman–Crippen MR) is 100 cm³/mol. The summed E-state index contributed by atoms with van der Waals surface area (Å²) in [4.78, 5) is 0. The molecule has 0 aromatic heterocycles. The third-order valence-corrected chi connectivity index (χ3v) is 4.01. The smallest absolute Gasteiger partial charge is 0.0387 e. The van der Waals surface area contributed by atoms with Crippen LogP contribution in [0, 0.1) is 0 Å². The van der Waals surface area contributed by atoms with Crippen LogP contribution >= 0.6 is 0 Å². The number of anilines is 2. The summed E-state index contributed by atoms with van der Waals surface area (Å²) in [7, 11) is 0. The van der Waals surface area contributed by atoms with E-state index in [1.807, 2.05) is 6.07 Å². The highest BCUT2D eigenvalue weighted by atomic mass is 14.9. The van der Waals surface area contributed by atoms with Gasteiger partial charge in [-0.2, -0.15) is 0 Å². The molecule has 0 heterocycles. The van der Waals surface area contributed by atoms with Gasteiger partial charge >= 0.3 is 0 Å². The minimum Gasteiger partial charge on any atom is -0.356 e. The van der Waals surface area contributed by atoms with E-state index >= 15 is 0 Å². The third-order valence-electron chi connectivity index (χ3n) is 4.01. The van der Waals surface area contributed by atoms with Gasteiger partial charge in [0.05, 0.1) is 0 Å². The van der Waals surface area contributed by atoms with Gasteiger partial charge in [-0.1, -0.05) is 75.4 Å². The number of nitrogens with one attached hydrogen (secondary N) is 1. The summed E-state index contributed by atoms with van der Waals surface area (Å²) in [5.74, 6) is 0. The van der Waals surface area contributed by atoms with Gasteiger partial charge in [0.2, 0.25) is 0 Å². The van der Waals surface area contributed by atoms with Crippen LogP contribution in [0.15, 0.2) is 78.9 Å². The SMILES string of the molecule is CC(C)(C)c1cccc(Nc2ccc(-c3ccccc3)cc2)c1. The van der Waals surface area contributed by atoms with Crippen LogP contribution in [0.4, 0.5) is 11.4 Å². The predicted octanol–water partition coefficient (Wildman–Crippen LogP) is 6.39. The molecule has 0 amide bonds. The van der Waals surface area contributed by atoms with Gasteiger partial charge in [0.1, 0.15) is 0 Å². The van der Waals surface area contributed by atoms with Crippen molar-refractivity contribution < 1.29 is 0 Å². The maximum atomic E-state index is 3.50. The van der Waals surface area contributed by atoms with Crippen LogP contribution in [-0.2, 0) is 5.41 Å². The van der Waals surface area contributed by atoms with Gasteiger partial charge in [-0.15, -0.1) is 0 Å². The van der Waals surface area contributed by atoms with E-state index in [2.05, 4.69) is 98.9 Å². The van der Waals surface area contributed by atoms with Crippen molar-refractivity contribution >= 4 is 11.4 Å². The zero-order valence-corrected chi connectivity index (χ0v) is 14.0. The molecule has 3 aromatic rings. The first-order valence-electron chi connectivity index (χ1n) is 8.05. The van der Waals surface area contributed by atoms with Crippen LogP contribution in [0.1, 0.15) is 26.3 Å². The largest absolute Gasteiger partial charge is 0.356 e. The Labute approximate surface area is 139 Å². The summed E-state index contributed by atoms with van der Waals surface area (Å²) in [5.41, 5.74) is 6.21. The van der Waals surface area contributed by atoms with Crippen molar-refractivity contribution in [1.82, 2.24) is 0 Å². The molecule has 23 heavy (non-hydrogen) atoms. The van der Waals surface area contributed by atoms with Crippen molar-refractivity contribution in [3.63, 3.8) is 0 Å². The third kappa shape index (κ3) is 3.81. The fourth-order valence-corrected chi connectivity index (χ4v) is 2.61. The van der Waals surface area contributed by atoms with Gasteiger partial charge < -0.3 is 5.32 Å². The molecule has 1 heteroatoms. The van der Waals surface area contributed by atoms with E-state index in [0.29, 0.717) is 0 Å². The van der Waals surface area contributed by atoms with E-state index in [1.54, 1.807) is 0 Å². The summed E-state index contributed by atoms with van der Waals surface area (Å²) in [5, 5.41) is 3.50. The van der Waals surface area contributed by atoms with Crippen LogP contribution < -0.4 is 5.32 Å². The van der Waals surface area contributed by atoms with E-state index in [0.717, 1.165) is 11.4 Å². The molecule has 0 atom stereocenters. The number of hydrogen-bond donors (Lipinski definition) is 1. The Kier molecular flexibility index (Phi) is 4.20. The second-order valence-corrected chi connectivity index (χ2v) is 6.90. The van der Waals surface area contributed by atoms with Crippen molar-refractivity contribution in [3.8, 4) is 11.1 Å². The standard InChI is InChI=1S/C22H23N/c1-22(2,3)19-10-7-11-21(16-19)23-20-14-12-18(13-15-20)17-8-5-4-6-9-17/h4-16,23H,1-3H3. The van der Waals surface area contributed by atoms with Crippen molar-refractivity contribution in [3.05, 3.63) is 84.4 Å². The van der Waals surface area contributed by atoms with Gasteiger partial charge in [-0.25, -0.2) is 0 Å². The summed E-state index contributed by atoms with van der Waals surface area (Å²) in [6.07, 6.45) is 0. The lowest BCUT2D eigenvalue weighted by atomic mass is 9.87. The van der Waals surface area contributed by atoms with Crippen molar-refractivity contribution in [1.29, 1.82) is 0 Å². The van der Waals surface area contributed by atoms with E-state index in [-0.39, 0.29) is 5.41 Å². The normalized spacial score (nSPS) is 11.3. The molecule has 0 fully saturated rings. The average molecular weight is 301 g/mol. The Morgan fingerprint density at radius 2 is 1.26 bits per heavy atom. The molecule has 0 aliphatic rings. The van der Waals surface area contributed by atoms with E-state index < -0.39 is 0 Å². The quantitative estimate of drug-likeness (QED) is 0.590. The lowest BCUT2D eigenvalue weighted by molar-refractivity contribution is 0.590. The highest BCUT2D eigenvalue weighted by Crippen LogP contribution is 2.27. The summed E-state index contributed by atoms with van der Waals surface area (Å²) in [6, 6.07) is 27.7. The van der Waals surface area contributed by atoms with E-state index in [9.17, 15) is 0 Å². The molecule has 0 bridgehead atoms. The fraction of sp³-hybridized carbons (Fsp3) is 0.182. The van der Waals surface area contributed by atoms with Gasteiger partial charge in [0.15, 0.2) is 0 Å². The average Bonchev–Trinajstić information content (AvgIpc) is 2.56. The summed E-state index contributed by atoms with van der Waals surface area (Å²) in [6.45, 7) is 6.71. The van der Waals surface area contributed by atoms with Crippen LogP contribution in [0.5, 0.6) is 0 Å². The van der Waals surface area contributed by atoms with E-state index in [1.165, 1.54) is 16.7 Å². The van der Waals surface area contributed by atoms with Crippen LogP contribution in [0.3, 0.4) is 0 Å². The minimum absolute atomic E-state index is 0.162. The maximum absolute atomic E-state index is 3.50. The Bertz CT molecular complexity index is 765. The van der Waals surface area contributed by atoms with Gasteiger partial charge in [0, 0.05) is 11.4 Å². The molecule has 1 N–H and O–H groups in total. The Morgan fingerprint density at radius 1 is 0.609 bits per heavy atom. The number of benzene rings is 3. The monoisotopic (exact) mass is 301 g/mol. The molecule has 0 spiro atoms. The molecule has 0 aliphatic carbocycles. The topological polar surface area (TPSA) is 12.0 Å². The summed E-state index contributed by atoms with van der Waals surface area (Å²) >= 11 is 0. The zero-order chi connectivity index (χ0) is 16.3. The van der Waals surface area contributed by atoms with Crippen molar-refractivity contribution in [2.75, 3.05) is 5.32 Å². The second-order valence-electron chi connectivity index (χ2n) is 6.90. The maximum Gasteiger partial charge on any atom is 0.0387 e. The fourth-order valence-electron chi connectivity index (χ4n) is 2.61. The van der Waals surface area contributed by atoms with Gasteiger partial charge in [-0.3, -0.25) is 0 Å². The molecule has 3 rings (SSSR count). The van der Waals surface area contributed by atoms with Crippen molar-refractivity contribution in [2.24, 2.45) is 0 Å². The Hall–Kier alpha value is -2.54. The molecule has 0 aliphatic heterocycles. The highest BCUT2D eigenvalue weighted by Gasteiger charge is 2.13. The minimum atomic E-state index is 0.162. The lowest BCUT2D eigenvalue weighted by Crippen LogP contribution is -2.10. The van der Waals surface area contributed by atoms with Crippen LogP contribution in [0.25, 0.3) is 11.1 Å². The molecule has 0 radical (unpaired) electrons. The van der Waals surface area contributed by atoms with Gasteiger partial charge in [0.25, 0.3) is 0 Å². The second kappa shape index (κ2) is 6.29. The first kappa shape index (κ1) is 15.4. The molecule has 116 valence electrons. The molecule has 0 unspecified atom stereocenters. The Balaban J connectivity index is 1.79. The number of hydrogen-bond acceptors (Lipinski definition) is 1. The van der Waals surface area contributed by atoms with Gasteiger partial charge in [-0.05, 0) is 46.4 Å². The molecular weight excluding hydrogens is 278 g/mol. The van der Waals surface area contributed by atoms with Crippen LogP contribution in [-0.4, -0.2) is 0 Å². The zero-order valence-electron chi connectivity index (χ0n) is 14.0. The van der Waals surface area contributed by atoms with Crippen LogP contribution in [0.2, 0.25) is 0 Å². The molecule has 0 saturated carbocycles. The first-order valence-corrected chi connectivity index (χ1v) is 8.05.